The van der Waals surface area contributed by atoms with E-state index in [9.17, 15) is 14.3 Å². The van der Waals surface area contributed by atoms with Crippen molar-refractivity contribution in [1.29, 1.82) is 0 Å². The van der Waals surface area contributed by atoms with E-state index in [1.54, 1.807) is 19.2 Å². The predicted molar refractivity (Wildman–Crippen MR) is 143 cm³/mol. The average Bonchev–Trinajstić information content (AvgIpc) is 3.41. The summed E-state index contributed by atoms with van der Waals surface area (Å²) in [5.74, 6) is 0.105. The molecule has 2 heterocycles. The number of aromatic nitrogens is 1. The van der Waals surface area contributed by atoms with Crippen LogP contribution in [-0.2, 0) is 14.3 Å². The Hall–Kier alpha value is -3.59. The highest BCUT2D eigenvalue weighted by molar-refractivity contribution is 5.93. The lowest BCUT2D eigenvalue weighted by atomic mass is 10.0. The van der Waals surface area contributed by atoms with Crippen LogP contribution in [0.2, 0.25) is 0 Å². The third kappa shape index (κ3) is 6.27. The normalized spacial score (nSPS) is 17.5. The van der Waals surface area contributed by atoms with E-state index in [1.807, 2.05) is 56.3 Å². The van der Waals surface area contributed by atoms with Gasteiger partial charge in [-0.3, -0.25) is 9.63 Å². The van der Waals surface area contributed by atoms with Gasteiger partial charge in [-0.15, -0.1) is 0 Å². The van der Waals surface area contributed by atoms with Crippen LogP contribution < -0.4 is 0 Å². The van der Waals surface area contributed by atoms with Crippen LogP contribution in [0.5, 0.6) is 0 Å². The summed E-state index contributed by atoms with van der Waals surface area (Å²) in [5, 5.41) is 10.5. The zero-order valence-electron chi connectivity index (χ0n) is 22.1. The number of nitrogens with zero attached hydrogens (tertiary/aromatic N) is 2. The molecule has 7 nitrogen and oxygen atoms in total. The van der Waals surface area contributed by atoms with Crippen LogP contribution in [0, 0.1) is 12.7 Å². The van der Waals surface area contributed by atoms with E-state index < -0.39 is 5.82 Å². The lowest BCUT2D eigenvalue weighted by molar-refractivity contribution is -0.0756. The van der Waals surface area contributed by atoms with Gasteiger partial charge in [-0.2, -0.15) is 0 Å². The topological polar surface area (TPSA) is 81.1 Å². The van der Waals surface area contributed by atoms with Gasteiger partial charge in [0.1, 0.15) is 17.6 Å². The van der Waals surface area contributed by atoms with Crippen molar-refractivity contribution in [3.05, 3.63) is 83.0 Å². The van der Waals surface area contributed by atoms with E-state index in [-0.39, 0.29) is 30.4 Å². The Labute approximate surface area is 222 Å². The minimum atomic E-state index is -0.397. The first-order valence-electron chi connectivity index (χ1n) is 12.6. The van der Waals surface area contributed by atoms with E-state index in [2.05, 4.69) is 4.98 Å². The number of carbonyl (C=O) groups excluding carboxylic acids is 1. The van der Waals surface area contributed by atoms with Crippen LogP contribution in [0.4, 0.5) is 4.39 Å². The van der Waals surface area contributed by atoms with E-state index in [4.69, 9.17) is 14.3 Å². The molecule has 0 saturated carbocycles. The Balaban J connectivity index is 1.54. The second-order valence-corrected chi connectivity index (χ2v) is 9.24. The standard InChI is InChI=1S/C30H33FN2O5/c1-5-24(38-26-15-25(17-34)37-18-26)16-28-19(2)14-27(31)29(32-28)22-10-6-20(7-11-22)21-8-12-23(13-9-21)30(35)33(3)36-4/h6-14,16,25-26,34H,5,15,17-18H2,1-4H3/b24-16+/t25-,26-/m0/s1. The summed E-state index contributed by atoms with van der Waals surface area (Å²) in [4.78, 5) is 21.8. The Bertz CT molecular complexity index is 1290. The van der Waals surface area contributed by atoms with Gasteiger partial charge in [0.2, 0.25) is 0 Å². The fraction of sp³-hybridized carbons (Fsp3) is 0.333. The summed E-state index contributed by atoms with van der Waals surface area (Å²) in [7, 11) is 3.00. The number of hydrogen-bond donors (Lipinski definition) is 1. The third-order valence-electron chi connectivity index (χ3n) is 6.60. The summed E-state index contributed by atoms with van der Waals surface area (Å²) in [6, 6.07) is 16.2. The van der Waals surface area contributed by atoms with E-state index in [0.717, 1.165) is 16.9 Å². The predicted octanol–water partition coefficient (Wildman–Crippen LogP) is 5.41. The fourth-order valence-electron chi connectivity index (χ4n) is 4.30. The largest absolute Gasteiger partial charge is 0.492 e. The lowest BCUT2D eigenvalue weighted by Crippen LogP contribution is -2.25. The Morgan fingerprint density at radius 3 is 2.37 bits per heavy atom. The van der Waals surface area contributed by atoms with Crippen LogP contribution in [0.3, 0.4) is 0 Å². The SMILES string of the molecule is CC/C(=C\c1nc(-c2ccc(-c3ccc(C(=O)N(C)OC)cc3)cc2)c(F)cc1C)O[C@@H]1CO[C@H](CO)C1. The number of ether oxygens (including phenoxy) is 2. The van der Waals surface area contributed by atoms with Gasteiger partial charge in [-0.1, -0.05) is 43.3 Å². The quantitative estimate of drug-likeness (QED) is 0.300. The molecule has 38 heavy (non-hydrogen) atoms. The maximum absolute atomic E-state index is 15.0. The van der Waals surface area contributed by atoms with Crippen molar-refractivity contribution in [3.8, 4) is 22.4 Å². The summed E-state index contributed by atoms with van der Waals surface area (Å²) in [6.07, 6.45) is 2.80. The highest BCUT2D eigenvalue weighted by Gasteiger charge is 2.26. The molecule has 0 aliphatic carbocycles. The molecular formula is C30H33FN2O5. The second kappa shape index (κ2) is 12.3. The first-order valence-corrected chi connectivity index (χ1v) is 12.6. The maximum Gasteiger partial charge on any atom is 0.277 e. The molecule has 1 saturated heterocycles. The van der Waals surface area contributed by atoms with Gasteiger partial charge in [0.05, 0.1) is 37.9 Å². The van der Waals surface area contributed by atoms with Gasteiger partial charge in [0, 0.05) is 37.1 Å². The van der Waals surface area contributed by atoms with Gasteiger partial charge in [-0.05, 0) is 41.8 Å². The molecule has 2 aromatic carbocycles. The van der Waals surface area contributed by atoms with Crippen molar-refractivity contribution < 1.29 is 28.6 Å². The molecule has 1 aliphatic heterocycles. The molecule has 1 N–H and O–H groups in total. The van der Waals surface area contributed by atoms with E-state index >= 15 is 0 Å². The molecule has 8 heteroatoms. The number of aliphatic hydroxyl groups excluding tert-OH is 1. The van der Waals surface area contributed by atoms with E-state index in [0.29, 0.717) is 41.8 Å². The molecule has 0 unspecified atom stereocenters. The number of pyridine rings is 1. The number of amides is 1. The highest BCUT2D eigenvalue weighted by Crippen LogP contribution is 2.28. The zero-order chi connectivity index (χ0) is 27.2. The molecular weight excluding hydrogens is 487 g/mol. The van der Waals surface area contributed by atoms with Gasteiger partial charge in [-0.25, -0.2) is 14.4 Å². The maximum atomic E-state index is 15.0. The van der Waals surface area contributed by atoms with Crippen LogP contribution in [0.1, 0.15) is 41.4 Å². The van der Waals surface area contributed by atoms with Gasteiger partial charge in [0.15, 0.2) is 0 Å². The molecule has 200 valence electrons. The van der Waals surface area contributed by atoms with Crippen molar-refractivity contribution in [2.24, 2.45) is 0 Å². The first kappa shape index (κ1) is 27.4. The zero-order valence-corrected chi connectivity index (χ0v) is 22.1. The van der Waals surface area contributed by atoms with Crippen molar-refractivity contribution in [1.82, 2.24) is 10.0 Å². The third-order valence-corrected chi connectivity index (χ3v) is 6.60. The Morgan fingerprint density at radius 1 is 1.16 bits per heavy atom. The summed E-state index contributed by atoms with van der Waals surface area (Å²) in [6.45, 7) is 4.21. The number of carbonyl (C=O) groups is 1. The number of allylic oxidation sites excluding steroid dienone is 1. The Morgan fingerprint density at radius 2 is 1.79 bits per heavy atom. The molecule has 1 amide bonds. The van der Waals surface area contributed by atoms with Crippen molar-refractivity contribution in [3.63, 3.8) is 0 Å². The smallest absolute Gasteiger partial charge is 0.277 e. The van der Waals surface area contributed by atoms with Crippen molar-refractivity contribution in [2.75, 3.05) is 27.4 Å². The first-order chi connectivity index (χ1) is 18.3. The van der Waals surface area contributed by atoms with Crippen LogP contribution in [-0.4, -0.2) is 60.6 Å². The molecule has 1 aromatic heterocycles. The van der Waals surface area contributed by atoms with Crippen LogP contribution in [0.15, 0.2) is 60.4 Å². The number of hydrogen-bond acceptors (Lipinski definition) is 6. The molecule has 2 atom stereocenters. The molecule has 1 aliphatic rings. The van der Waals surface area contributed by atoms with Gasteiger partial charge < -0.3 is 14.6 Å². The molecule has 0 spiro atoms. The van der Waals surface area contributed by atoms with E-state index in [1.165, 1.54) is 18.2 Å². The second-order valence-electron chi connectivity index (χ2n) is 9.24. The summed E-state index contributed by atoms with van der Waals surface area (Å²) < 4.78 is 26.6. The van der Waals surface area contributed by atoms with Crippen molar-refractivity contribution >= 4 is 12.0 Å². The number of aliphatic hydroxyl groups is 1. The highest BCUT2D eigenvalue weighted by atomic mass is 19.1. The monoisotopic (exact) mass is 520 g/mol. The molecule has 1 fully saturated rings. The Kier molecular flexibility index (Phi) is 8.89. The van der Waals surface area contributed by atoms with Crippen LogP contribution >= 0.6 is 0 Å². The number of aryl methyl sites for hydroxylation is 1. The minimum absolute atomic E-state index is 0.0250. The fourth-order valence-corrected chi connectivity index (χ4v) is 4.30. The number of hydroxylamine groups is 2. The lowest BCUT2D eigenvalue weighted by Gasteiger charge is -2.15. The van der Waals surface area contributed by atoms with Gasteiger partial charge in [0.25, 0.3) is 5.91 Å². The summed E-state index contributed by atoms with van der Waals surface area (Å²) in [5.41, 5.74) is 4.65. The van der Waals surface area contributed by atoms with Crippen molar-refractivity contribution in [2.45, 2.75) is 38.9 Å². The van der Waals surface area contributed by atoms with Gasteiger partial charge >= 0.3 is 0 Å². The number of halogens is 1. The number of rotatable bonds is 9. The number of benzene rings is 2. The average molecular weight is 521 g/mol. The van der Waals surface area contributed by atoms with Crippen LogP contribution in [0.25, 0.3) is 28.5 Å². The molecule has 0 radical (unpaired) electrons. The minimum Gasteiger partial charge on any atom is -0.492 e. The molecule has 0 bridgehead atoms. The molecule has 3 aromatic rings. The molecule has 4 rings (SSSR count). The summed E-state index contributed by atoms with van der Waals surface area (Å²) >= 11 is 0.